The fourth-order valence-electron chi connectivity index (χ4n) is 1.41. The van der Waals surface area contributed by atoms with Crippen molar-refractivity contribution in [3.8, 4) is 0 Å². The Labute approximate surface area is 93.6 Å². The molecule has 1 aromatic rings. The second-order valence-corrected chi connectivity index (χ2v) is 3.25. The molecule has 4 heteroatoms. The molecule has 0 unspecified atom stereocenters. The van der Waals surface area contributed by atoms with Gasteiger partial charge in [-0.1, -0.05) is 0 Å². The molecular weight excluding hydrogens is 204 g/mol. The Morgan fingerprint density at radius 2 is 2.44 bits per heavy atom. The third-order valence-electron chi connectivity index (χ3n) is 2.10. The van der Waals surface area contributed by atoms with E-state index in [0.29, 0.717) is 12.3 Å². The standard InChI is InChI=1S/C12H12N2O2/c1-2-16-11(15)8-10-6-5-9-4-3-7-13-12(9)14-10/h3-8H,2H2,1H3,(H,13,14)/b10-8+. The number of ether oxygens (including phenoxy) is 1. The molecule has 0 spiro atoms. The van der Waals surface area contributed by atoms with Gasteiger partial charge in [0, 0.05) is 23.5 Å². The first-order valence-corrected chi connectivity index (χ1v) is 5.08. The highest BCUT2D eigenvalue weighted by atomic mass is 16.5. The zero-order valence-electron chi connectivity index (χ0n) is 8.93. The van der Waals surface area contributed by atoms with Gasteiger partial charge in [-0.3, -0.25) is 0 Å². The number of hydrogen-bond acceptors (Lipinski definition) is 4. The number of carbonyl (C=O) groups is 1. The van der Waals surface area contributed by atoms with Crippen molar-refractivity contribution in [2.75, 3.05) is 11.9 Å². The van der Waals surface area contributed by atoms with Crippen LogP contribution < -0.4 is 5.32 Å². The van der Waals surface area contributed by atoms with Crippen LogP contribution in [0, 0.1) is 0 Å². The molecule has 2 heterocycles. The fraction of sp³-hybridized carbons (Fsp3) is 0.167. The van der Waals surface area contributed by atoms with Crippen LogP contribution in [-0.4, -0.2) is 17.6 Å². The molecule has 0 fully saturated rings. The lowest BCUT2D eigenvalue weighted by atomic mass is 10.1. The lowest BCUT2D eigenvalue weighted by Gasteiger charge is -2.13. The van der Waals surface area contributed by atoms with Crippen molar-refractivity contribution in [3.05, 3.63) is 41.7 Å². The van der Waals surface area contributed by atoms with E-state index in [9.17, 15) is 4.79 Å². The molecule has 0 saturated carbocycles. The zero-order chi connectivity index (χ0) is 11.4. The Hall–Kier alpha value is -2.10. The van der Waals surface area contributed by atoms with Crippen LogP contribution >= 0.6 is 0 Å². The van der Waals surface area contributed by atoms with Crippen LogP contribution in [0.2, 0.25) is 0 Å². The van der Waals surface area contributed by atoms with Gasteiger partial charge < -0.3 is 10.1 Å². The predicted molar refractivity (Wildman–Crippen MR) is 61.6 cm³/mol. The fourth-order valence-corrected chi connectivity index (χ4v) is 1.41. The van der Waals surface area contributed by atoms with Gasteiger partial charge in [-0.25, -0.2) is 9.78 Å². The van der Waals surface area contributed by atoms with E-state index in [-0.39, 0.29) is 5.97 Å². The van der Waals surface area contributed by atoms with Gasteiger partial charge in [-0.15, -0.1) is 0 Å². The minimum absolute atomic E-state index is 0.353. The number of hydrogen-bond donors (Lipinski definition) is 1. The summed E-state index contributed by atoms with van der Waals surface area (Å²) in [5.74, 6) is 0.398. The minimum atomic E-state index is -0.353. The first-order valence-electron chi connectivity index (χ1n) is 5.08. The van der Waals surface area contributed by atoms with Crippen LogP contribution in [0.4, 0.5) is 5.82 Å². The summed E-state index contributed by atoms with van der Waals surface area (Å²) in [5, 5.41) is 3.05. The van der Waals surface area contributed by atoms with E-state index in [0.717, 1.165) is 11.4 Å². The maximum atomic E-state index is 11.2. The molecule has 0 aromatic carbocycles. The topological polar surface area (TPSA) is 51.2 Å². The summed E-state index contributed by atoms with van der Waals surface area (Å²) in [5.41, 5.74) is 1.69. The highest BCUT2D eigenvalue weighted by Gasteiger charge is 2.08. The summed E-state index contributed by atoms with van der Waals surface area (Å²) in [6, 6.07) is 3.82. The van der Waals surface area contributed by atoms with Crippen LogP contribution in [0.5, 0.6) is 0 Å². The number of rotatable bonds is 2. The molecule has 4 nitrogen and oxygen atoms in total. The number of carbonyl (C=O) groups excluding carboxylic acids is 1. The molecule has 0 aliphatic carbocycles. The summed E-state index contributed by atoms with van der Waals surface area (Å²) in [7, 11) is 0. The number of anilines is 1. The number of aromatic nitrogens is 1. The molecule has 0 amide bonds. The maximum Gasteiger partial charge on any atom is 0.332 e. The number of allylic oxidation sites excluding steroid dienone is 1. The Balaban J connectivity index is 2.17. The highest BCUT2D eigenvalue weighted by molar-refractivity contribution is 5.86. The maximum absolute atomic E-state index is 11.2. The first-order chi connectivity index (χ1) is 7.79. The van der Waals surface area contributed by atoms with Gasteiger partial charge in [0.15, 0.2) is 0 Å². The van der Waals surface area contributed by atoms with Crippen molar-refractivity contribution < 1.29 is 9.53 Å². The second kappa shape index (κ2) is 4.61. The van der Waals surface area contributed by atoms with Gasteiger partial charge in [0.25, 0.3) is 0 Å². The molecule has 0 radical (unpaired) electrons. The van der Waals surface area contributed by atoms with Crippen LogP contribution in [-0.2, 0) is 9.53 Å². The number of pyridine rings is 1. The number of nitrogens with zero attached hydrogens (tertiary/aromatic N) is 1. The Morgan fingerprint density at radius 3 is 3.25 bits per heavy atom. The quantitative estimate of drug-likeness (QED) is 0.606. The van der Waals surface area contributed by atoms with Crippen molar-refractivity contribution in [1.82, 2.24) is 4.98 Å². The summed E-state index contributed by atoms with van der Waals surface area (Å²) in [4.78, 5) is 15.4. The van der Waals surface area contributed by atoms with E-state index in [1.165, 1.54) is 6.08 Å². The number of fused-ring (bicyclic) bond motifs is 1. The van der Waals surface area contributed by atoms with Gasteiger partial charge >= 0.3 is 5.97 Å². The SMILES string of the molecule is CCOC(=O)/C=C1\C=Cc2cccnc2N1. The second-order valence-electron chi connectivity index (χ2n) is 3.25. The van der Waals surface area contributed by atoms with Crippen LogP contribution in [0.15, 0.2) is 36.2 Å². The lowest BCUT2D eigenvalue weighted by molar-refractivity contribution is -0.137. The van der Waals surface area contributed by atoms with E-state index in [4.69, 9.17) is 4.74 Å². The van der Waals surface area contributed by atoms with Crippen molar-refractivity contribution >= 4 is 17.9 Å². The normalized spacial score (nSPS) is 15.4. The molecule has 0 atom stereocenters. The van der Waals surface area contributed by atoms with E-state index < -0.39 is 0 Å². The van der Waals surface area contributed by atoms with Crippen LogP contribution in [0.3, 0.4) is 0 Å². The van der Waals surface area contributed by atoms with Gasteiger partial charge in [-0.05, 0) is 31.2 Å². The summed E-state index contributed by atoms with van der Waals surface area (Å²) >= 11 is 0. The monoisotopic (exact) mass is 216 g/mol. The molecular formula is C12H12N2O2. The van der Waals surface area contributed by atoms with Crippen molar-refractivity contribution in [2.45, 2.75) is 6.92 Å². The zero-order valence-corrected chi connectivity index (χ0v) is 8.93. The van der Waals surface area contributed by atoms with Gasteiger partial charge in [0.1, 0.15) is 5.82 Å². The van der Waals surface area contributed by atoms with E-state index in [1.54, 1.807) is 13.1 Å². The third-order valence-corrected chi connectivity index (χ3v) is 2.10. The van der Waals surface area contributed by atoms with Crippen LogP contribution in [0.1, 0.15) is 12.5 Å². The predicted octanol–water partition coefficient (Wildman–Crippen LogP) is 1.97. The molecule has 1 aliphatic heterocycles. The van der Waals surface area contributed by atoms with Gasteiger partial charge in [0.2, 0.25) is 0 Å². The largest absolute Gasteiger partial charge is 0.463 e. The molecule has 1 aromatic heterocycles. The van der Waals surface area contributed by atoms with E-state index >= 15 is 0 Å². The third kappa shape index (κ3) is 2.28. The van der Waals surface area contributed by atoms with Crippen molar-refractivity contribution in [2.24, 2.45) is 0 Å². The van der Waals surface area contributed by atoms with E-state index in [2.05, 4.69) is 10.3 Å². The Bertz CT molecular complexity index is 464. The number of nitrogens with one attached hydrogen (secondary N) is 1. The van der Waals surface area contributed by atoms with Crippen molar-refractivity contribution in [3.63, 3.8) is 0 Å². The molecule has 1 aliphatic rings. The molecule has 82 valence electrons. The Kier molecular flexibility index (Phi) is 3.00. The summed E-state index contributed by atoms with van der Waals surface area (Å²) in [6.07, 6.45) is 6.84. The molecule has 0 saturated heterocycles. The Morgan fingerprint density at radius 1 is 1.56 bits per heavy atom. The molecule has 0 bridgehead atoms. The van der Waals surface area contributed by atoms with Gasteiger partial charge in [-0.2, -0.15) is 0 Å². The lowest BCUT2D eigenvalue weighted by Crippen LogP contribution is -2.08. The van der Waals surface area contributed by atoms with Gasteiger partial charge in [0.05, 0.1) is 6.61 Å². The summed E-state index contributed by atoms with van der Waals surface area (Å²) < 4.78 is 4.82. The average molecular weight is 216 g/mol. The minimum Gasteiger partial charge on any atom is -0.463 e. The number of esters is 1. The molecule has 2 rings (SSSR count). The highest BCUT2D eigenvalue weighted by Crippen LogP contribution is 2.21. The smallest absolute Gasteiger partial charge is 0.332 e. The molecule has 16 heavy (non-hydrogen) atoms. The van der Waals surface area contributed by atoms with Crippen LogP contribution in [0.25, 0.3) is 6.08 Å². The average Bonchev–Trinajstić information content (AvgIpc) is 2.29. The van der Waals surface area contributed by atoms with E-state index in [1.807, 2.05) is 24.3 Å². The van der Waals surface area contributed by atoms with Crippen molar-refractivity contribution in [1.29, 1.82) is 0 Å². The first kappa shape index (κ1) is 10.4. The molecule has 1 N–H and O–H groups in total. The summed E-state index contributed by atoms with van der Waals surface area (Å²) in [6.45, 7) is 2.15.